The summed E-state index contributed by atoms with van der Waals surface area (Å²) >= 11 is 1.68. The monoisotopic (exact) mass is 537 g/mol. The topological polar surface area (TPSA) is 83.2 Å². The number of hydrogen-bond donors (Lipinski definition) is 1. The van der Waals surface area contributed by atoms with E-state index in [2.05, 4.69) is 28.1 Å². The molecule has 1 atom stereocenters. The van der Waals surface area contributed by atoms with Crippen LogP contribution in [0.1, 0.15) is 74.8 Å². The highest BCUT2D eigenvalue weighted by Gasteiger charge is 2.40. The highest BCUT2D eigenvalue weighted by Crippen LogP contribution is 2.37. The smallest absolute Gasteiger partial charge is 0.396 e. The van der Waals surface area contributed by atoms with Crippen molar-refractivity contribution in [2.45, 2.75) is 90.0 Å². The van der Waals surface area contributed by atoms with Gasteiger partial charge in [0.1, 0.15) is 10.6 Å². The Balaban J connectivity index is 1.44. The molecule has 1 fully saturated rings. The van der Waals surface area contributed by atoms with Gasteiger partial charge in [-0.2, -0.15) is 18.2 Å². The van der Waals surface area contributed by atoms with E-state index in [0.717, 1.165) is 80.4 Å². The summed E-state index contributed by atoms with van der Waals surface area (Å²) in [7, 11) is 0. The zero-order valence-corrected chi connectivity index (χ0v) is 22.0. The van der Waals surface area contributed by atoms with E-state index in [1.807, 2.05) is 4.90 Å². The summed E-state index contributed by atoms with van der Waals surface area (Å²) in [5.41, 5.74) is 0. The van der Waals surface area contributed by atoms with Gasteiger partial charge in [-0.15, -0.1) is 21.5 Å². The second-order valence-electron chi connectivity index (χ2n) is 9.96. The SMILES string of the molecule is CCCc1cc2c(N3CCn4c(nnc4C(F)(F)F)C3)nc(N3CCCC3CCCCCCO)nc2s1. The molecular formula is C25H34F3N7OS. The van der Waals surface area contributed by atoms with Gasteiger partial charge in [0.05, 0.1) is 11.9 Å². The van der Waals surface area contributed by atoms with Crippen molar-refractivity contribution in [3.05, 3.63) is 22.6 Å². The summed E-state index contributed by atoms with van der Waals surface area (Å²) in [6.07, 6.45) is 4.85. The van der Waals surface area contributed by atoms with Crippen molar-refractivity contribution in [2.75, 3.05) is 29.5 Å². The van der Waals surface area contributed by atoms with E-state index in [9.17, 15) is 13.2 Å². The fourth-order valence-corrected chi connectivity index (χ4v) is 6.60. The summed E-state index contributed by atoms with van der Waals surface area (Å²) in [6, 6.07) is 2.53. The third-order valence-electron chi connectivity index (χ3n) is 7.29. The molecule has 0 aliphatic carbocycles. The molecule has 2 aliphatic rings. The first-order chi connectivity index (χ1) is 17.9. The maximum Gasteiger partial charge on any atom is 0.451 e. The zero-order chi connectivity index (χ0) is 26.0. The van der Waals surface area contributed by atoms with Gasteiger partial charge in [0, 0.05) is 37.2 Å². The van der Waals surface area contributed by atoms with Crippen LogP contribution in [-0.2, 0) is 25.7 Å². The van der Waals surface area contributed by atoms with Crippen LogP contribution in [0.2, 0.25) is 0 Å². The largest absolute Gasteiger partial charge is 0.451 e. The molecule has 2 aliphatic heterocycles. The summed E-state index contributed by atoms with van der Waals surface area (Å²) in [5, 5.41) is 17.3. The van der Waals surface area contributed by atoms with Crippen LogP contribution in [0.5, 0.6) is 0 Å². The Morgan fingerprint density at radius 1 is 1.08 bits per heavy atom. The first kappa shape index (κ1) is 26.1. The maximum atomic E-state index is 13.4. The summed E-state index contributed by atoms with van der Waals surface area (Å²) in [5.74, 6) is 0.858. The number of hydrogen-bond acceptors (Lipinski definition) is 8. The zero-order valence-electron chi connectivity index (χ0n) is 21.2. The van der Waals surface area contributed by atoms with E-state index in [1.54, 1.807) is 11.3 Å². The van der Waals surface area contributed by atoms with Gasteiger partial charge in [0.2, 0.25) is 11.8 Å². The maximum absolute atomic E-state index is 13.4. The number of fused-ring (bicyclic) bond motifs is 2. The van der Waals surface area contributed by atoms with Crippen LogP contribution < -0.4 is 9.80 Å². The molecule has 202 valence electrons. The normalized spacial score (nSPS) is 18.2. The van der Waals surface area contributed by atoms with Crippen LogP contribution in [0.3, 0.4) is 0 Å². The number of thiophene rings is 1. The minimum Gasteiger partial charge on any atom is -0.396 e. The third-order valence-corrected chi connectivity index (χ3v) is 8.38. The number of aliphatic hydroxyl groups is 1. The molecule has 3 aromatic heterocycles. The molecule has 0 radical (unpaired) electrons. The quantitative estimate of drug-likeness (QED) is 0.357. The standard InChI is InChI=1S/C25H34F3N7OS/c1-2-8-18-15-19-21(33-12-13-35-20(16-33)31-32-23(35)25(26,27)28)29-24(30-22(19)37-18)34-11-7-10-17(34)9-5-3-4-6-14-36/h15,17,36H,2-14,16H2,1H3. The van der Waals surface area contributed by atoms with Gasteiger partial charge in [0.25, 0.3) is 0 Å². The minimum absolute atomic E-state index is 0.157. The van der Waals surface area contributed by atoms with E-state index < -0.39 is 12.0 Å². The second kappa shape index (κ2) is 11.1. The molecule has 1 unspecified atom stereocenters. The number of aryl methyl sites for hydroxylation is 1. The predicted molar refractivity (Wildman–Crippen MR) is 138 cm³/mol. The highest BCUT2D eigenvalue weighted by atomic mass is 32.1. The number of unbranched alkanes of at least 4 members (excludes halogenated alkanes) is 3. The molecule has 37 heavy (non-hydrogen) atoms. The third kappa shape index (κ3) is 5.55. The molecule has 0 saturated carbocycles. The lowest BCUT2D eigenvalue weighted by Gasteiger charge is -2.31. The number of anilines is 2. The van der Waals surface area contributed by atoms with Crippen molar-refractivity contribution in [3.8, 4) is 0 Å². The van der Waals surface area contributed by atoms with E-state index in [0.29, 0.717) is 24.4 Å². The van der Waals surface area contributed by atoms with Crippen molar-refractivity contribution in [1.82, 2.24) is 24.7 Å². The van der Waals surface area contributed by atoms with Crippen molar-refractivity contribution in [2.24, 2.45) is 0 Å². The summed E-state index contributed by atoms with van der Waals surface area (Å²) in [6.45, 7) is 4.08. The molecule has 12 heteroatoms. The Bertz CT molecular complexity index is 1210. The van der Waals surface area contributed by atoms with Gasteiger partial charge < -0.3 is 19.5 Å². The average Bonchev–Trinajstić information content (AvgIpc) is 3.60. The van der Waals surface area contributed by atoms with Crippen molar-refractivity contribution in [3.63, 3.8) is 0 Å². The summed E-state index contributed by atoms with van der Waals surface area (Å²) in [4.78, 5) is 16.6. The lowest BCUT2D eigenvalue weighted by Crippen LogP contribution is -2.37. The van der Waals surface area contributed by atoms with Gasteiger partial charge in [-0.1, -0.05) is 32.6 Å². The summed E-state index contributed by atoms with van der Waals surface area (Å²) < 4.78 is 41.2. The number of nitrogens with zero attached hydrogens (tertiary/aromatic N) is 7. The van der Waals surface area contributed by atoms with Gasteiger partial charge in [-0.25, -0.2) is 4.98 Å². The molecule has 5 rings (SSSR count). The Labute approximate surface area is 218 Å². The van der Waals surface area contributed by atoms with Crippen LogP contribution >= 0.6 is 11.3 Å². The van der Waals surface area contributed by atoms with E-state index >= 15 is 0 Å². The second-order valence-corrected chi connectivity index (χ2v) is 11.1. The Kier molecular flexibility index (Phi) is 7.85. The molecule has 0 spiro atoms. The van der Waals surface area contributed by atoms with Gasteiger partial charge in [-0.3, -0.25) is 0 Å². The molecular weight excluding hydrogens is 503 g/mol. The van der Waals surface area contributed by atoms with Gasteiger partial charge in [0.15, 0.2) is 5.82 Å². The molecule has 3 aromatic rings. The number of halogens is 3. The van der Waals surface area contributed by atoms with E-state index in [-0.39, 0.29) is 19.7 Å². The molecule has 5 heterocycles. The molecule has 0 bridgehead atoms. The lowest BCUT2D eigenvalue weighted by atomic mass is 10.1. The Morgan fingerprint density at radius 3 is 2.70 bits per heavy atom. The van der Waals surface area contributed by atoms with Crippen molar-refractivity contribution < 1.29 is 18.3 Å². The predicted octanol–water partition coefficient (Wildman–Crippen LogP) is 5.19. The van der Waals surface area contributed by atoms with Crippen molar-refractivity contribution >= 4 is 33.3 Å². The number of alkyl halides is 3. The van der Waals surface area contributed by atoms with Gasteiger partial charge >= 0.3 is 6.18 Å². The van der Waals surface area contributed by atoms with E-state index in [1.165, 1.54) is 9.44 Å². The molecule has 1 N–H and O–H groups in total. The van der Waals surface area contributed by atoms with Crippen molar-refractivity contribution in [1.29, 1.82) is 0 Å². The van der Waals surface area contributed by atoms with Crippen LogP contribution in [-0.4, -0.2) is 55.6 Å². The lowest BCUT2D eigenvalue weighted by molar-refractivity contribution is -0.147. The molecule has 1 saturated heterocycles. The first-order valence-electron chi connectivity index (χ1n) is 13.3. The number of rotatable bonds is 10. The fraction of sp³-hybridized carbons (Fsp3) is 0.680. The minimum atomic E-state index is -4.52. The van der Waals surface area contributed by atoms with Crippen LogP contribution in [0.15, 0.2) is 6.07 Å². The fourth-order valence-electron chi connectivity index (χ4n) is 5.48. The highest BCUT2D eigenvalue weighted by molar-refractivity contribution is 7.18. The van der Waals surface area contributed by atoms with Crippen LogP contribution in [0.25, 0.3) is 10.2 Å². The van der Waals surface area contributed by atoms with Crippen LogP contribution in [0, 0.1) is 0 Å². The van der Waals surface area contributed by atoms with E-state index in [4.69, 9.17) is 15.1 Å². The molecule has 8 nitrogen and oxygen atoms in total. The molecule has 0 aromatic carbocycles. The Hall–Kier alpha value is -2.47. The Morgan fingerprint density at radius 2 is 1.92 bits per heavy atom. The molecule has 0 amide bonds. The first-order valence-corrected chi connectivity index (χ1v) is 14.1. The van der Waals surface area contributed by atoms with Gasteiger partial charge in [-0.05, 0) is 38.2 Å². The average molecular weight is 538 g/mol. The van der Waals surface area contributed by atoms with Crippen LogP contribution in [0.4, 0.5) is 24.9 Å². The number of aromatic nitrogens is 5. The number of aliphatic hydroxyl groups excluding tert-OH is 1.